The van der Waals surface area contributed by atoms with E-state index in [9.17, 15) is 4.79 Å². The number of anilines is 1. The van der Waals surface area contributed by atoms with Crippen LogP contribution in [0.4, 0.5) is 5.82 Å². The number of nitriles is 1. The quantitative estimate of drug-likeness (QED) is 0.807. The summed E-state index contributed by atoms with van der Waals surface area (Å²) < 4.78 is 0. The Bertz CT molecular complexity index is 504. The van der Waals surface area contributed by atoms with Gasteiger partial charge in [-0.05, 0) is 32.4 Å². The van der Waals surface area contributed by atoms with Gasteiger partial charge >= 0.3 is 5.69 Å². The summed E-state index contributed by atoms with van der Waals surface area (Å²) in [6, 6.07) is 3.47. The topological polar surface area (TPSA) is 84.8 Å². The molecule has 1 aliphatic rings. The fourth-order valence-electron chi connectivity index (χ4n) is 2.30. The summed E-state index contributed by atoms with van der Waals surface area (Å²) in [5.74, 6) is 1.04. The van der Waals surface area contributed by atoms with Crippen LogP contribution in [0.3, 0.4) is 0 Å². The van der Waals surface area contributed by atoms with E-state index >= 15 is 0 Å². The van der Waals surface area contributed by atoms with Crippen LogP contribution in [-0.4, -0.2) is 41.5 Å². The molecule has 0 spiro atoms. The predicted molar refractivity (Wildman–Crippen MR) is 68.3 cm³/mol. The van der Waals surface area contributed by atoms with Crippen LogP contribution in [0.1, 0.15) is 18.5 Å². The van der Waals surface area contributed by atoms with E-state index in [1.54, 1.807) is 6.07 Å². The Hall–Kier alpha value is -1.87. The van der Waals surface area contributed by atoms with E-state index in [0.717, 1.165) is 19.6 Å². The summed E-state index contributed by atoms with van der Waals surface area (Å²) in [6.07, 6.45) is 2.39. The molecule has 6 heteroatoms. The molecular weight excluding hydrogens is 230 g/mol. The van der Waals surface area contributed by atoms with Crippen LogP contribution in [0.2, 0.25) is 0 Å². The minimum absolute atomic E-state index is 0.235. The number of nitrogens with zero attached hydrogens (tertiary/aromatic N) is 3. The zero-order valence-electron chi connectivity index (χ0n) is 10.4. The van der Waals surface area contributed by atoms with Crippen LogP contribution >= 0.6 is 0 Å². The number of nitrogens with one attached hydrogen (secondary N) is 2. The minimum atomic E-state index is -0.489. The molecule has 6 nitrogen and oxygen atoms in total. The van der Waals surface area contributed by atoms with E-state index in [1.165, 1.54) is 12.8 Å². The zero-order chi connectivity index (χ0) is 13.0. The molecule has 18 heavy (non-hydrogen) atoms. The van der Waals surface area contributed by atoms with Gasteiger partial charge in [-0.3, -0.25) is 4.98 Å². The summed E-state index contributed by atoms with van der Waals surface area (Å²) in [5, 5.41) is 11.9. The monoisotopic (exact) mass is 247 g/mol. The maximum Gasteiger partial charge on any atom is 0.347 e. The predicted octanol–water partition coefficient (Wildman–Crippen LogP) is 0.395. The highest BCUT2D eigenvalue weighted by atomic mass is 16.1. The maximum absolute atomic E-state index is 11.2. The van der Waals surface area contributed by atoms with Crippen molar-refractivity contribution in [2.45, 2.75) is 12.8 Å². The van der Waals surface area contributed by atoms with E-state index in [0.29, 0.717) is 11.7 Å². The highest BCUT2D eigenvalue weighted by molar-refractivity contribution is 5.38. The van der Waals surface area contributed by atoms with Gasteiger partial charge in [-0.25, -0.2) is 4.79 Å². The van der Waals surface area contributed by atoms with Crippen molar-refractivity contribution in [2.75, 3.05) is 32.0 Å². The van der Waals surface area contributed by atoms with Gasteiger partial charge in [0.25, 0.3) is 0 Å². The third-order valence-corrected chi connectivity index (χ3v) is 3.16. The molecule has 2 heterocycles. The Kier molecular flexibility index (Phi) is 3.95. The van der Waals surface area contributed by atoms with Gasteiger partial charge in [0, 0.05) is 19.2 Å². The molecule has 1 unspecified atom stereocenters. The van der Waals surface area contributed by atoms with E-state index in [4.69, 9.17) is 5.26 Å². The molecule has 0 bridgehead atoms. The molecule has 1 saturated heterocycles. The summed E-state index contributed by atoms with van der Waals surface area (Å²) in [6.45, 7) is 2.99. The van der Waals surface area contributed by atoms with Gasteiger partial charge in [0.15, 0.2) is 0 Å². The summed E-state index contributed by atoms with van der Waals surface area (Å²) >= 11 is 0. The molecule has 0 aromatic carbocycles. The molecule has 1 aromatic rings. The fraction of sp³-hybridized carbons (Fsp3) is 0.583. The molecule has 1 fully saturated rings. The first-order valence-corrected chi connectivity index (χ1v) is 6.11. The standard InChI is InChI=1S/C12H17N5O/c1-17-4-2-3-9(8-17)7-14-11-5-10(6-13)15-12(18)16-11/h5,9H,2-4,7-8H2,1H3,(H2,14,15,16,18). The molecule has 2 N–H and O–H groups in total. The van der Waals surface area contributed by atoms with Crippen LogP contribution in [0.5, 0.6) is 0 Å². The van der Waals surface area contributed by atoms with Gasteiger partial charge in [0.2, 0.25) is 0 Å². The highest BCUT2D eigenvalue weighted by Gasteiger charge is 2.16. The van der Waals surface area contributed by atoms with Crippen molar-refractivity contribution in [3.8, 4) is 6.07 Å². The number of piperidine rings is 1. The molecule has 2 rings (SSSR count). The summed E-state index contributed by atoms with van der Waals surface area (Å²) in [7, 11) is 2.12. The number of hydrogen-bond acceptors (Lipinski definition) is 5. The molecule has 1 aromatic heterocycles. The lowest BCUT2D eigenvalue weighted by Crippen LogP contribution is -2.35. The number of likely N-dealkylation sites (tertiary alicyclic amines) is 1. The van der Waals surface area contributed by atoms with Gasteiger partial charge in [-0.1, -0.05) is 0 Å². The van der Waals surface area contributed by atoms with Gasteiger partial charge in [-0.15, -0.1) is 0 Å². The third kappa shape index (κ3) is 3.31. The molecule has 0 radical (unpaired) electrons. The molecule has 1 atom stereocenters. The van der Waals surface area contributed by atoms with Crippen LogP contribution in [0, 0.1) is 17.2 Å². The van der Waals surface area contributed by atoms with Crippen molar-refractivity contribution in [3.05, 3.63) is 22.2 Å². The lowest BCUT2D eigenvalue weighted by molar-refractivity contribution is 0.217. The summed E-state index contributed by atoms with van der Waals surface area (Å²) in [4.78, 5) is 19.7. The van der Waals surface area contributed by atoms with Gasteiger partial charge in [-0.2, -0.15) is 10.2 Å². The highest BCUT2D eigenvalue weighted by Crippen LogP contribution is 2.15. The molecule has 0 aliphatic carbocycles. The molecule has 1 aliphatic heterocycles. The molecule has 0 saturated carbocycles. The Balaban J connectivity index is 1.96. The normalized spacial score (nSPS) is 20.3. The first-order chi connectivity index (χ1) is 8.67. The largest absolute Gasteiger partial charge is 0.369 e. The second-order valence-electron chi connectivity index (χ2n) is 4.75. The maximum atomic E-state index is 11.2. The SMILES string of the molecule is CN1CCCC(CNc2cc(C#N)[nH]c(=O)n2)C1. The second-order valence-corrected chi connectivity index (χ2v) is 4.75. The van der Waals surface area contributed by atoms with Crippen LogP contribution in [-0.2, 0) is 0 Å². The van der Waals surface area contributed by atoms with Gasteiger partial charge in [0.05, 0.1) is 0 Å². The van der Waals surface area contributed by atoms with Crippen molar-refractivity contribution in [2.24, 2.45) is 5.92 Å². The zero-order valence-corrected chi connectivity index (χ0v) is 10.4. The Labute approximate surface area is 106 Å². The average Bonchev–Trinajstić information content (AvgIpc) is 2.36. The fourth-order valence-corrected chi connectivity index (χ4v) is 2.30. The van der Waals surface area contributed by atoms with Crippen LogP contribution < -0.4 is 11.0 Å². The smallest absolute Gasteiger partial charge is 0.347 e. The number of H-pyrrole nitrogens is 1. The van der Waals surface area contributed by atoms with E-state index in [-0.39, 0.29) is 5.69 Å². The molecule has 0 amide bonds. The number of hydrogen-bond donors (Lipinski definition) is 2. The van der Waals surface area contributed by atoms with Gasteiger partial charge < -0.3 is 10.2 Å². The Morgan fingerprint density at radius 3 is 3.28 bits per heavy atom. The second kappa shape index (κ2) is 5.65. The van der Waals surface area contributed by atoms with E-state index < -0.39 is 5.69 Å². The third-order valence-electron chi connectivity index (χ3n) is 3.16. The minimum Gasteiger partial charge on any atom is -0.369 e. The Morgan fingerprint density at radius 1 is 1.72 bits per heavy atom. The molecular formula is C12H17N5O. The van der Waals surface area contributed by atoms with Gasteiger partial charge in [0.1, 0.15) is 17.6 Å². The van der Waals surface area contributed by atoms with Crippen LogP contribution in [0.15, 0.2) is 10.9 Å². The average molecular weight is 247 g/mol. The van der Waals surface area contributed by atoms with Crippen molar-refractivity contribution < 1.29 is 0 Å². The van der Waals surface area contributed by atoms with Crippen LogP contribution in [0.25, 0.3) is 0 Å². The summed E-state index contributed by atoms with van der Waals surface area (Å²) in [5.41, 5.74) is -0.254. The molecule has 96 valence electrons. The number of aromatic nitrogens is 2. The number of aromatic amines is 1. The first kappa shape index (κ1) is 12.6. The van der Waals surface area contributed by atoms with Crippen molar-refractivity contribution >= 4 is 5.82 Å². The van der Waals surface area contributed by atoms with Crippen molar-refractivity contribution in [3.63, 3.8) is 0 Å². The van der Waals surface area contributed by atoms with Crippen molar-refractivity contribution in [1.82, 2.24) is 14.9 Å². The number of rotatable bonds is 3. The van der Waals surface area contributed by atoms with E-state index in [1.807, 2.05) is 6.07 Å². The Morgan fingerprint density at radius 2 is 2.56 bits per heavy atom. The lowest BCUT2D eigenvalue weighted by Gasteiger charge is -2.29. The first-order valence-electron chi connectivity index (χ1n) is 6.11. The lowest BCUT2D eigenvalue weighted by atomic mass is 9.98. The van der Waals surface area contributed by atoms with Crippen molar-refractivity contribution in [1.29, 1.82) is 5.26 Å². The van der Waals surface area contributed by atoms with E-state index in [2.05, 4.69) is 27.2 Å².